The molecule has 0 saturated carbocycles. The van der Waals surface area contributed by atoms with E-state index in [4.69, 9.17) is 0 Å². The fourth-order valence-electron chi connectivity index (χ4n) is 2.69. The number of pyridine rings is 1. The van der Waals surface area contributed by atoms with Crippen molar-refractivity contribution in [2.45, 2.75) is 32.7 Å². The van der Waals surface area contributed by atoms with E-state index in [1.807, 2.05) is 24.8 Å². The predicted octanol–water partition coefficient (Wildman–Crippen LogP) is 1.23. The number of hydrogen-bond acceptors (Lipinski definition) is 5. The van der Waals surface area contributed by atoms with Crippen molar-refractivity contribution in [3.8, 4) is 0 Å². The fraction of sp³-hybridized carbons (Fsp3) is 0.600. The van der Waals surface area contributed by atoms with Gasteiger partial charge in [-0.05, 0) is 31.9 Å². The van der Waals surface area contributed by atoms with Gasteiger partial charge >= 0.3 is 0 Å². The molecule has 22 heavy (non-hydrogen) atoms. The van der Waals surface area contributed by atoms with Crippen molar-refractivity contribution in [1.82, 2.24) is 10.3 Å². The molecule has 6 nitrogen and oxygen atoms in total. The van der Waals surface area contributed by atoms with Crippen LogP contribution < -0.4 is 10.2 Å². The summed E-state index contributed by atoms with van der Waals surface area (Å²) < 4.78 is 23.3. The van der Waals surface area contributed by atoms with Gasteiger partial charge in [0.15, 0.2) is 9.84 Å². The molecule has 1 N–H and O–H groups in total. The Morgan fingerprint density at radius 2 is 2.18 bits per heavy atom. The molecule has 2 rings (SSSR count). The number of nitrogens with one attached hydrogen (secondary N) is 1. The number of sulfone groups is 1. The molecule has 0 aromatic carbocycles. The fourth-order valence-corrected chi connectivity index (χ4v) is 4.42. The van der Waals surface area contributed by atoms with Crippen LogP contribution in [0.2, 0.25) is 0 Å². The summed E-state index contributed by atoms with van der Waals surface area (Å²) in [6.07, 6.45) is 3.17. The third-order valence-electron chi connectivity index (χ3n) is 3.84. The van der Waals surface area contributed by atoms with Crippen LogP contribution in [0.4, 0.5) is 5.69 Å². The first kappa shape index (κ1) is 16.7. The van der Waals surface area contributed by atoms with Crippen LogP contribution in [0, 0.1) is 0 Å². The summed E-state index contributed by atoms with van der Waals surface area (Å²) in [7, 11) is -2.92. The van der Waals surface area contributed by atoms with E-state index >= 15 is 0 Å². The van der Waals surface area contributed by atoms with E-state index in [-0.39, 0.29) is 23.5 Å². The van der Waals surface area contributed by atoms with Gasteiger partial charge in [0.1, 0.15) is 5.69 Å². The number of carbonyl (C=O) groups is 1. The molecule has 0 spiro atoms. The maximum Gasteiger partial charge on any atom is 0.269 e. The normalized spacial score (nSPS) is 19.8. The van der Waals surface area contributed by atoms with Crippen molar-refractivity contribution in [3.05, 3.63) is 24.0 Å². The highest BCUT2D eigenvalue weighted by Crippen LogP contribution is 2.23. The van der Waals surface area contributed by atoms with E-state index in [1.54, 1.807) is 12.3 Å². The van der Waals surface area contributed by atoms with Crippen LogP contribution in [0.1, 0.15) is 37.2 Å². The molecule has 1 saturated heterocycles. The summed E-state index contributed by atoms with van der Waals surface area (Å²) in [6.45, 7) is 5.32. The molecular formula is C15H23N3O3S. The van der Waals surface area contributed by atoms with Crippen molar-refractivity contribution in [1.29, 1.82) is 0 Å². The van der Waals surface area contributed by atoms with Gasteiger partial charge in [-0.2, -0.15) is 0 Å². The van der Waals surface area contributed by atoms with Crippen molar-refractivity contribution in [2.24, 2.45) is 0 Å². The second kappa shape index (κ2) is 7.09. The molecule has 1 aromatic heterocycles. The minimum absolute atomic E-state index is 0.00318. The van der Waals surface area contributed by atoms with E-state index < -0.39 is 9.84 Å². The molecule has 0 aliphatic carbocycles. The molecule has 1 aromatic rings. The van der Waals surface area contributed by atoms with Crippen molar-refractivity contribution in [3.63, 3.8) is 0 Å². The van der Waals surface area contributed by atoms with E-state index in [1.165, 1.54) is 0 Å². The summed E-state index contributed by atoms with van der Waals surface area (Å²) in [5.41, 5.74) is 1.24. The van der Waals surface area contributed by atoms with Gasteiger partial charge in [-0.25, -0.2) is 13.4 Å². The molecule has 1 aliphatic heterocycles. The highest BCUT2D eigenvalue weighted by Gasteiger charge is 2.31. The Labute approximate surface area is 131 Å². The van der Waals surface area contributed by atoms with E-state index in [2.05, 4.69) is 10.3 Å². The second-order valence-corrected chi connectivity index (χ2v) is 7.73. The molecule has 7 heteroatoms. The zero-order valence-corrected chi connectivity index (χ0v) is 13.9. The maximum atomic E-state index is 11.8. The lowest BCUT2D eigenvalue weighted by Gasteiger charge is -2.28. The van der Waals surface area contributed by atoms with Crippen LogP contribution in [0.3, 0.4) is 0 Å². The van der Waals surface area contributed by atoms with Gasteiger partial charge in [0.05, 0.1) is 23.4 Å². The largest absolute Gasteiger partial charge is 0.367 e. The van der Waals surface area contributed by atoms with E-state index in [9.17, 15) is 13.2 Å². The third kappa shape index (κ3) is 3.97. The van der Waals surface area contributed by atoms with Gasteiger partial charge in [0.25, 0.3) is 5.91 Å². The average Bonchev–Trinajstić information content (AvgIpc) is 2.86. The lowest BCUT2D eigenvalue weighted by atomic mass is 10.2. The van der Waals surface area contributed by atoms with Gasteiger partial charge in [0, 0.05) is 19.1 Å². The van der Waals surface area contributed by atoms with Gasteiger partial charge in [-0.1, -0.05) is 6.92 Å². The first-order valence-corrected chi connectivity index (χ1v) is 9.50. The van der Waals surface area contributed by atoms with Crippen molar-refractivity contribution >= 4 is 21.4 Å². The molecule has 0 bridgehead atoms. The summed E-state index contributed by atoms with van der Waals surface area (Å²) in [4.78, 5) is 18.1. The Hall–Kier alpha value is -1.63. The topological polar surface area (TPSA) is 79.4 Å². The number of anilines is 1. The van der Waals surface area contributed by atoms with Crippen molar-refractivity contribution < 1.29 is 13.2 Å². The number of nitrogens with zero attached hydrogens (tertiary/aromatic N) is 2. The van der Waals surface area contributed by atoms with Gasteiger partial charge in [0.2, 0.25) is 0 Å². The van der Waals surface area contributed by atoms with Crippen molar-refractivity contribution in [2.75, 3.05) is 29.5 Å². The van der Waals surface area contributed by atoms with Crippen LogP contribution in [-0.2, 0) is 9.84 Å². The Kier molecular flexibility index (Phi) is 5.39. The first-order chi connectivity index (χ1) is 10.5. The SMILES string of the molecule is CCCNC(=O)c1ccc(N(CC)C2CCS(=O)(=O)C2)cn1. The lowest BCUT2D eigenvalue weighted by Crippen LogP contribution is -2.36. The zero-order valence-electron chi connectivity index (χ0n) is 13.1. The molecule has 1 aliphatic rings. The number of amides is 1. The smallest absolute Gasteiger partial charge is 0.269 e. The maximum absolute atomic E-state index is 11.8. The minimum Gasteiger partial charge on any atom is -0.367 e. The van der Waals surface area contributed by atoms with Crippen LogP contribution in [-0.4, -0.2) is 49.9 Å². The highest BCUT2D eigenvalue weighted by molar-refractivity contribution is 7.91. The van der Waals surface area contributed by atoms with Crippen LogP contribution in [0.25, 0.3) is 0 Å². The quantitative estimate of drug-likeness (QED) is 0.851. The number of rotatable bonds is 6. The number of aromatic nitrogens is 1. The lowest BCUT2D eigenvalue weighted by molar-refractivity contribution is 0.0948. The summed E-state index contributed by atoms with van der Waals surface area (Å²) >= 11 is 0. The molecule has 1 unspecified atom stereocenters. The second-order valence-electron chi connectivity index (χ2n) is 5.50. The monoisotopic (exact) mass is 325 g/mol. The van der Waals surface area contributed by atoms with Crippen LogP contribution in [0.5, 0.6) is 0 Å². The summed E-state index contributed by atoms with van der Waals surface area (Å²) in [5.74, 6) is 0.262. The molecule has 1 amide bonds. The molecule has 2 heterocycles. The van der Waals surface area contributed by atoms with E-state index in [0.29, 0.717) is 25.2 Å². The van der Waals surface area contributed by atoms with Gasteiger partial charge in [-0.15, -0.1) is 0 Å². The molecule has 122 valence electrons. The van der Waals surface area contributed by atoms with Crippen LogP contribution >= 0.6 is 0 Å². The van der Waals surface area contributed by atoms with E-state index in [0.717, 1.165) is 12.1 Å². The van der Waals surface area contributed by atoms with Gasteiger partial charge < -0.3 is 10.2 Å². The Bertz CT molecular complexity index is 613. The molecular weight excluding hydrogens is 302 g/mol. The number of carbonyl (C=O) groups excluding carboxylic acids is 1. The Balaban J connectivity index is 2.09. The van der Waals surface area contributed by atoms with Crippen LogP contribution in [0.15, 0.2) is 18.3 Å². The highest BCUT2D eigenvalue weighted by atomic mass is 32.2. The molecule has 1 fully saturated rings. The summed E-state index contributed by atoms with van der Waals surface area (Å²) in [5, 5.41) is 2.78. The predicted molar refractivity (Wildman–Crippen MR) is 86.9 cm³/mol. The Morgan fingerprint density at radius 1 is 1.41 bits per heavy atom. The number of hydrogen-bond donors (Lipinski definition) is 1. The average molecular weight is 325 g/mol. The third-order valence-corrected chi connectivity index (χ3v) is 5.59. The molecule has 0 radical (unpaired) electrons. The first-order valence-electron chi connectivity index (χ1n) is 7.68. The van der Waals surface area contributed by atoms with Gasteiger partial charge in [-0.3, -0.25) is 4.79 Å². The Morgan fingerprint density at radius 3 is 2.68 bits per heavy atom. The molecule has 1 atom stereocenters. The summed E-state index contributed by atoms with van der Waals surface area (Å²) in [6, 6.07) is 3.52. The zero-order chi connectivity index (χ0) is 16.2. The standard InChI is InChI=1S/C15H23N3O3S/c1-3-8-16-15(19)14-6-5-12(10-17-14)18(4-2)13-7-9-22(20,21)11-13/h5-6,10,13H,3-4,7-9,11H2,1-2H3,(H,16,19). The minimum atomic E-state index is -2.92.